The van der Waals surface area contributed by atoms with Gasteiger partial charge in [0.05, 0.1) is 0 Å². The highest BCUT2D eigenvalue weighted by Gasteiger charge is 2.13. The van der Waals surface area contributed by atoms with Crippen molar-refractivity contribution >= 4 is 0 Å². The maximum atomic E-state index is 5.60. The van der Waals surface area contributed by atoms with Crippen LogP contribution in [0.15, 0.2) is 48.5 Å². The SMILES string of the molecule is CC.CC.CCc1cccc(-c2cccc(ONN[C@H]3CCNC3)c2)c1. The molecular formula is C22H35N3O. The fraction of sp³-hybridized carbons (Fsp3) is 0.455. The van der Waals surface area contributed by atoms with Gasteiger partial charge in [-0.15, -0.1) is 0 Å². The van der Waals surface area contributed by atoms with E-state index in [-0.39, 0.29) is 0 Å². The number of hydrazine groups is 1. The van der Waals surface area contributed by atoms with Crippen molar-refractivity contribution in [3.05, 3.63) is 54.1 Å². The molecule has 0 spiro atoms. The van der Waals surface area contributed by atoms with Crippen LogP contribution in [0, 0.1) is 0 Å². The van der Waals surface area contributed by atoms with Gasteiger partial charge in [-0.25, -0.2) is 5.43 Å². The van der Waals surface area contributed by atoms with Gasteiger partial charge in [-0.1, -0.05) is 76.6 Å². The molecule has 0 bridgehead atoms. The molecule has 3 N–H and O–H groups in total. The molecule has 0 saturated carbocycles. The second-order valence-electron chi connectivity index (χ2n) is 5.62. The molecule has 0 aliphatic carbocycles. The number of benzene rings is 2. The Morgan fingerprint density at radius 3 is 2.35 bits per heavy atom. The van der Waals surface area contributed by atoms with Crippen LogP contribution in [0.1, 0.15) is 46.6 Å². The molecule has 0 radical (unpaired) electrons. The minimum Gasteiger partial charge on any atom is -0.394 e. The van der Waals surface area contributed by atoms with Gasteiger partial charge in [-0.3, -0.25) is 0 Å². The van der Waals surface area contributed by atoms with Crippen molar-refractivity contribution in [2.24, 2.45) is 0 Å². The highest BCUT2D eigenvalue weighted by atomic mass is 16.7. The van der Waals surface area contributed by atoms with E-state index in [0.29, 0.717) is 6.04 Å². The van der Waals surface area contributed by atoms with E-state index >= 15 is 0 Å². The van der Waals surface area contributed by atoms with Crippen LogP contribution in [0.4, 0.5) is 0 Å². The number of rotatable bonds is 6. The van der Waals surface area contributed by atoms with E-state index in [1.807, 2.05) is 39.8 Å². The van der Waals surface area contributed by atoms with Crippen molar-refractivity contribution in [3.63, 3.8) is 0 Å². The van der Waals surface area contributed by atoms with Crippen LogP contribution >= 0.6 is 0 Å². The molecule has 1 aliphatic heterocycles. The molecule has 26 heavy (non-hydrogen) atoms. The van der Waals surface area contributed by atoms with Crippen LogP contribution in [0.25, 0.3) is 11.1 Å². The first-order valence-corrected chi connectivity index (χ1v) is 9.92. The van der Waals surface area contributed by atoms with E-state index in [9.17, 15) is 0 Å². The van der Waals surface area contributed by atoms with Crippen LogP contribution in [0.5, 0.6) is 5.75 Å². The van der Waals surface area contributed by atoms with Crippen LogP contribution in [-0.4, -0.2) is 19.1 Å². The van der Waals surface area contributed by atoms with E-state index < -0.39 is 0 Å². The average molecular weight is 358 g/mol. The van der Waals surface area contributed by atoms with E-state index in [4.69, 9.17) is 4.84 Å². The third-order valence-electron chi connectivity index (χ3n) is 3.99. The number of aryl methyl sites for hydroxylation is 1. The molecule has 3 rings (SSSR count). The minimum absolute atomic E-state index is 0.421. The summed E-state index contributed by atoms with van der Waals surface area (Å²) in [6.45, 7) is 12.2. The summed E-state index contributed by atoms with van der Waals surface area (Å²) in [6.07, 6.45) is 2.16. The molecule has 144 valence electrons. The molecular weight excluding hydrogens is 322 g/mol. The van der Waals surface area contributed by atoms with Gasteiger partial charge in [0.2, 0.25) is 0 Å². The summed E-state index contributed by atoms with van der Waals surface area (Å²) in [5.74, 6) is 0.804. The normalized spacial score (nSPS) is 15.3. The summed E-state index contributed by atoms with van der Waals surface area (Å²) in [6, 6.07) is 17.2. The van der Waals surface area contributed by atoms with E-state index in [1.54, 1.807) is 0 Å². The maximum absolute atomic E-state index is 5.60. The number of nitrogens with one attached hydrogen (secondary N) is 3. The van der Waals surface area contributed by atoms with Crippen molar-refractivity contribution in [2.45, 2.75) is 53.5 Å². The molecule has 0 amide bonds. The third kappa shape index (κ3) is 7.16. The molecule has 1 saturated heterocycles. The Morgan fingerprint density at radius 1 is 1.00 bits per heavy atom. The van der Waals surface area contributed by atoms with E-state index in [0.717, 1.165) is 37.2 Å². The first-order chi connectivity index (χ1) is 12.8. The van der Waals surface area contributed by atoms with Gasteiger partial charge in [0.25, 0.3) is 0 Å². The van der Waals surface area contributed by atoms with Crippen molar-refractivity contribution in [3.8, 4) is 16.9 Å². The Kier molecular flexibility index (Phi) is 11.4. The summed E-state index contributed by atoms with van der Waals surface area (Å²) in [4.78, 5) is 5.60. The lowest BCUT2D eigenvalue weighted by atomic mass is 10.0. The van der Waals surface area contributed by atoms with Crippen LogP contribution in [0.2, 0.25) is 0 Å². The summed E-state index contributed by atoms with van der Waals surface area (Å²) in [7, 11) is 0. The van der Waals surface area contributed by atoms with E-state index in [1.165, 1.54) is 11.1 Å². The second kappa shape index (κ2) is 13.3. The molecule has 1 aliphatic rings. The minimum atomic E-state index is 0.421. The molecule has 1 fully saturated rings. The molecule has 1 heterocycles. The smallest absolute Gasteiger partial charge is 0.149 e. The van der Waals surface area contributed by atoms with Gasteiger partial charge in [0.15, 0.2) is 0 Å². The first kappa shape index (κ1) is 22.2. The zero-order valence-corrected chi connectivity index (χ0v) is 16.9. The largest absolute Gasteiger partial charge is 0.394 e. The van der Waals surface area contributed by atoms with Crippen LogP contribution in [0.3, 0.4) is 0 Å². The van der Waals surface area contributed by atoms with Crippen molar-refractivity contribution in [1.29, 1.82) is 0 Å². The van der Waals surface area contributed by atoms with E-state index in [2.05, 4.69) is 59.7 Å². The van der Waals surface area contributed by atoms with Crippen LogP contribution in [-0.2, 0) is 6.42 Å². The zero-order valence-electron chi connectivity index (χ0n) is 16.9. The van der Waals surface area contributed by atoms with Crippen LogP contribution < -0.4 is 21.2 Å². The highest BCUT2D eigenvalue weighted by Crippen LogP contribution is 2.24. The van der Waals surface area contributed by atoms with Gasteiger partial charge >= 0.3 is 0 Å². The zero-order chi connectivity index (χ0) is 19.2. The standard InChI is InChI=1S/C18H23N3O.2C2H6/c1-2-14-5-3-6-15(11-14)16-7-4-8-18(12-16)22-21-20-17-9-10-19-13-17;2*1-2/h3-8,11-12,17,19-21H,2,9-10,13H2,1H3;2*1-2H3/t17-;;/m0../s1. The average Bonchev–Trinajstić information content (AvgIpc) is 3.25. The van der Waals surface area contributed by atoms with Crippen molar-refractivity contribution < 1.29 is 4.84 Å². The molecule has 4 heteroatoms. The predicted molar refractivity (Wildman–Crippen MR) is 112 cm³/mol. The second-order valence-corrected chi connectivity index (χ2v) is 5.62. The molecule has 2 aromatic rings. The van der Waals surface area contributed by atoms with Gasteiger partial charge in [-0.05, 0) is 48.2 Å². The Morgan fingerprint density at radius 2 is 1.69 bits per heavy atom. The number of hydrogen-bond donors (Lipinski definition) is 3. The maximum Gasteiger partial charge on any atom is 0.149 e. The fourth-order valence-corrected chi connectivity index (χ4v) is 2.66. The lowest BCUT2D eigenvalue weighted by Gasteiger charge is -2.13. The van der Waals surface area contributed by atoms with Gasteiger partial charge in [0, 0.05) is 12.6 Å². The van der Waals surface area contributed by atoms with Gasteiger partial charge < -0.3 is 10.2 Å². The van der Waals surface area contributed by atoms with Gasteiger partial charge in [0.1, 0.15) is 5.75 Å². The number of hydrogen-bond acceptors (Lipinski definition) is 4. The Balaban J connectivity index is 0.000000791. The fourth-order valence-electron chi connectivity index (χ4n) is 2.66. The van der Waals surface area contributed by atoms with Gasteiger partial charge in [-0.2, -0.15) is 0 Å². The quantitative estimate of drug-likeness (QED) is 0.655. The van der Waals surface area contributed by atoms with Crippen molar-refractivity contribution in [2.75, 3.05) is 13.1 Å². The summed E-state index contributed by atoms with van der Waals surface area (Å²) in [5.41, 5.74) is 9.76. The predicted octanol–water partition coefficient (Wildman–Crippen LogP) is 4.72. The Hall–Kier alpha value is -1.88. The molecule has 0 aromatic heterocycles. The lowest BCUT2D eigenvalue weighted by Crippen LogP contribution is -2.43. The Bertz CT molecular complexity index is 610. The molecule has 4 nitrogen and oxygen atoms in total. The van der Waals surface area contributed by atoms with Crippen molar-refractivity contribution in [1.82, 2.24) is 16.3 Å². The highest BCUT2D eigenvalue weighted by molar-refractivity contribution is 5.65. The lowest BCUT2D eigenvalue weighted by molar-refractivity contribution is 0.135. The topological polar surface area (TPSA) is 45.3 Å². The summed E-state index contributed by atoms with van der Waals surface area (Å²) in [5, 5.41) is 3.30. The monoisotopic (exact) mass is 357 g/mol. The summed E-state index contributed by atoms with van der Waals surface area (Å²) >= 11 is 0. The Labute approximate surface area is 159 Å². The molecule has 2 aromatic carbocycles. The molecule has 0 unspecified atom stereocenters. The molecule has 1 atom stereocenters. The third-order valence-corrected chi connectivity index (χ3v) is 3.99. The summed E-state index contributed by atoms with van der Waals surface area (Å²) < 4.78 is 0. The first-order valence-electron chi connectivity index (χ1n) is 9.92.